The zero-order valence-corrected chi connectivity index (χ0v) is 14.0. The molecule has 1 N–H and O–H groups in total. The van der Waals surface area contributed by atoms with Gasteiger partial charge in [-0.2, -0.15) is 0 Å². The van der Waals surface area contributed by atoms with Crippen molar-refractivity contribution in [3.05, 3.63) is 65.7 Å². The van der Waals surface area contributed by atoms with Crippen LogP contribution in [0.1, 0.15) is 25.0 Å². The van der Waals surface area contributed by atoms with E-state index in [1.165, 1.54) is 5.56 Å². The average molecular weight is 308 g/mol. The molecule has 0 spiro atoms. The van der Waals surface area contributed by atoms with Gasteiger partial charge in [0.2, 0.25) is 0 Å². The van der Waals surface area contributed by atoms with Crippen molar-refractivity contribution < 1.29 is 4.74 Å². The van der Waals surface area contributed by atoms with Crippen LogP contribution in [-0.4, -0.2) is 19.9 Å². The highest BCUT2D eigenvalue weighted by Gasteiger charge is 2.06. The fourth-order valence-corrected chi connectivity index (χ4v) is 2.36. The van der Waals surface area contributed by atoms with Crippen LogP contribution in [0.4, 0.5) is 5.69 Å². The molecule has 0 atom stereocenters. The summed E-state index contributed by atoms with van der Waals surface area (Å²) in [6.45, 7) is 4.55. The van der Waals surface area contributed by atoms with E-state index in [9.17, 15) is 0 Å². The van der Waals surface area contributed by atoms with Crippen molar-refractivity contribution in [1.82, 2.24) is 0 Å². The summed E-state index contributed by atoms with van der Waals surface area (Å²) in [5.41, 5.74) is 4.34. The normalized spacial score (nSPS) is 11.7. The van der Waals surface area contributed by atoms with Gasteiger partial charge in [0.15, 0.2) is 0 Å². The third kappa shape index (κ3) is 4.71. The minimum absolute atomic E-state index is 0.642. The van der Waals surface area contributed by atoms with Crippen molar-refractivity contribution in [3.63, 3.8) is 0 Å². The zero-order chi connectivity index (χ0) is 16.5. The number of anilines is 1. The van der Waals surface area contributed by atoms with Gasteiger partial charge in [0.1, 0.15) is 5.75 Å². The first-order valence-electron chi connectivity index (χ1n) is 7.92. The molecule has 0 aliphatic rings. The Morgan fingerprint density at radius 3 is 2.48 bits per heavy atom. The predicted molar refractivity (Wildman–Crippen MR) is 99.4 cm³/mol. The lowest BCUT2D eigenvalue weighted by Crippen LogP contribution is -2.03. The van der Waals surface area contributed by atoms with Gasteiger partial charge in [-0.25, -0.2) is 0 Å². The van der Waals surface area contributed by atoms with Crippen LogP contribution in [0.25, 0.3) is 5.70 Å². The van der Waals surface area contributed by atoms with E-state index in [2.05, 4.69) is 34.6 Å². The van der Waals surface area contributed by atoms with Gasteiger partial charge < -0.3 is 10.1 Å². The number of hydrogen-bond donors (Lipinski definition) is 1. The summed E-state index contributed by atoms with van der Waals surface area (Å²) in [6, 6.07) is 16.4. The summed E-state index contributed by atoms with van der Waals surface area (Å²) in [6.07, 6.45) is 4.68. The van der Waals surface area contributed by atoms with Crippen molar-refractivity contribution in [2.45, 2.75) is 20.3 Å². The molecule has 2 aromatic carbocycles. The maximum Gasteiger partial charge on any atom is 0.128 e. The summed E-state index contributed by atoms with van der Waals surface area (Å²) < 4.78 is 6.00. The summed E-state index contributed by atoms with van der Waals surface area (Å²) in [5, 5.41) is 3.12. The second-order valence-electron chi connectivity index (χ2n) is 5.10. The highest BCUT2D eigenvalue weighted by molar-refractivity contribution is 5.75. The maximum absolute atomic E-state index is 6.00. The first-order valence-corrected chi connectivity index (χ1v) is 7.92. The van der Waals surface area contributed by atoms with E-state index in [1.807, 2.05) is 51.2 Å². The van der Waals surface area contributed by atoms with Gasteiger partial charge in [0, 0.05) is 30.9 Å². The van der Waals surface area contributed by atoms with E-state index >= 15 is 0 Å². The third-order valence-electron chi connectivity index (χ3n) is 3.60. The number of aliphatic imine (C=N–C) groups is 1. The van der Waals surface area contributed by atoms with Crippen molar-refractivity contribution in [3.8, 4) is 5.75 Å². The molecule has 3 heteroatoms. The van der Waals surface area contributed by atoms with Gasteiger partial charge in [0.25, 0.3) is 0 Å². The second kappa shape index (κ2) is 8.79. The number of benzene rings is 2. The minimum atomic E-state index is 0.642. The van der Waals surface area contributed by atoms with E-state index in [0.717, 1.165) is 29.1 Å². The van der Waals surface area contributed by atoms with Crippen molar-refractivity contribution >= 4 is 17.6 Å². The lowest BCUT2D eigenvalue weighted by molar-refractivity contribution is 0.321. The van der Waals surface area contributed by atoms with Crippen molar-refractivity contribution in [2.75, 3.05) is 19.0 Å². The predicted octanol–water partition coefficient (Wildman–Crippen LogP) is 4.80. The molecule has 0 fully saturated rings. The molecule has 0 bridgehead atoms. The number of hydrogen-bond acceptors (Lipinski definition) is 3. The molecule has 120 valence electrons. The molecule has 2 rings (SSSR count). The van der Waals surface area contributed by atoms with E-state index in [-0.39, 0.29) is 0 Å². The summed E-state index contributed by atoms with van der Waals surface area (Å²) in [7, 11) is 1.92. The average Bonchev–Trinajstić information content (AvgIpc) is 2.61. The van der Waals surface area contributed by atoms with Crippen LogP contribution < -0.4 is 10.1 Å². The molecule has 0 saturated heterocycles. The quantitative estimate of drug-likeness (QED) is 0.745. The number of para-hydroxylation sites is 1. The number of nitrogens with zero attached hydrogens (tertiary/aromatic N) is 1. The molecule has 0 aliphatic heterocycles. The first kappa shape index (κ1) is 16.8. The summed E-state index contributed by atoms with van der Waals surface area (Å²) >= 11 is 0. The number of nitrogens with one attached hydrogen (secondary N) is 1. The molecule has 0 heterocycles. The van der Waals surface area contributed by atoms with Crippen LogP contribution in [0.2, 0.25) is 0 Å². The van der Waals surface area contributed by atoms with E-state index < -0.39 is 0 Å². The Morgan fingerprint density at radius 1 is 1.09 bits per heavy atom. The Balaban J connectivity index is 2.03. The van der Waals surface area contributed by atoms with E-state index in [0.29, 0.717) is 6.61 Å². The molecule has 0 amide bonds. The lowest BCUT2D eigenvalue weighted by Gasteiger charge is -2.12. The molecule has 3 nitrogen and oxygen atoms in total. The van der Waals surface area contributed by atoms with Gasteiger partial charge >= 0.3 is 0 Å². The zero-order valence-electron chi connectivity index (χ0n) is 14.0. The van der Waals surface area contributed by atoms with E-state index in [4.69, 9.17) is 4.74 Å². The molecule has 23 heavy (non-hydrogen) atoms. The van der Waals surface area contributed by atoms with Crippen molar-refractivity contribution in [2.24, 2.45) is 4.99 Å². The maximum atomic E-state index is 6.00. The largest absolute Gasteiger partial charge is 0.493 e. The van der Waals surface area contributed by atoms with Gasteiger partial charge in [-0.3, -0.25) is 4.99 Å². The smallest absolute Gasteiger partial charge is 0.128 e. The van der Waals surface area contributed by atoms with E-state index in [1.54, 1.807) is 6.21 Å². The molecule has 0 aliphatic carbocycles. The highest BCUT2D eigenvalue weighted by Crippen LogP contribution is 2.26. The fraction of sp³-hybridized carbons (Fsp3) is 0.250. The molecule has 0 unspecified atom stereocenters. The monoisotopic (exact) mass is 308 g/mol. The Hall–Kier alpha value is -2.55. The molecule has 2 aromatic rings. The SMILES string of the molecule is CC=N/C(=C\C)c1ccccc1OCCc1ccc(NC)cc1. The minimum Gasteiger partial charge on any atom is -0.493 e. The van der Waals surface area contributed by atoms with Crippen LogP contribution in [0.5, 0.6) is 5.75 Å². The summed E-state index contributed by atoms with van der Waals surface area (Å²) in [4.78, 5) is 4.41. The highest BCUT2D eigenvalue weighted by atomic mass is 16.5. The van der Waals surface area contributed by atoms with Crippen LogP contribution in [0.3, 0.4) is 0 Å². The van der Waals surface area contributed by atoms with Crippen LogP contribution in [-0.2, 0) is 6.42 Å². The summed E-state index contributed by atoms with van der Waals surface area (Å²) in [5.74, 6) is 0.873. The van der Waals surface area contributed by atoms with Gasteiger partial charge in [-0.15, -0.1) is 0 Å². The Bertz CT molecular complexity index is 672. The molecule has 0 radical (unpaired) electrons. The van der Waals surface area contributed by atoms with Crippen LogP contribution in [0.15, 0.2) is 59.6 Å². The third-order valence-corrected chi connectivity index (χ3v) is 3.60. The standard InChI is InChI=1S/C20H24N2O/c1-4-19(22-5-2)18-8-6-7-9-20(18)23-15-14-16-10-12-17(21-3)13-11-16/h4-13,21H,14-15H2,1-3H3/b19-4-,22-5?. The topological polar surface area (TPSA) is 33.6 Å². The molecular weight excluding hydrogens is 284 g/mol. The van der Waals surface area contributed by atoms with Gasteiger partial charge in [-0.05, 0) is 43.7 Å². The first-order chi connectivity index (χ1) is 11.3. The van der Waals surface area contributed by atoms with Crippen LogP contribution in [0, 0.1) is 0 Å². The second-order valence-corrected chi connectivity index (χ2v) is 5.10. The van der Waals surface area contributed by atoms with Crippen LogP contribution >= 0.6 is 0 Å². The Morgan fingerprint density at radius 2 is 1.83 bits per heavy atom. The lowest BCUT2D eigenvalue weighted by atomic mass is 10.1. The number of ether oxygens (including phenoxy) is 1. The number of rotatable bonds is 7. The van der Waals surface area contributed by atoms with Crippen molar-refractivity contribution in [1.29, 1.82) is 0 Å². The number of allylic oxidation sites excluding steroid dienone is 1. The fourth-order valence-electron chi connectivity index (χ4n) is 2.36. The molecule has 0 aromatic heterocycles. The molecular formula is C20H24N2O. The Labute approximate surface area is 138 Å². The van der Waals surface area contributed by atoms with Gasteiger partial charge in [-0.1, -0.05) is 30.3 Å². The van der Waals surface area contributed by atoms with Gasteiger partial charge in [0.05, 0.1) is 12.3 Å². The Kier molecular flexibility index (Phi) is 6.42. The molecule has 0 saturated carbocycles.